The molecule has 0 aliphatic carbocycles. The van der Waals surface area contributed by atoms with Gasteiger partial charge in [-0.15, -0.1) is 0 Å². The van der Waals surface area contributed by atoms with E-state index in [1.807, 2.05) is 24.7 Å². The summed E-state index contributed by atoms with van der Waals surface area (Å²) < 4.78 is 8.08. The second-order valence-corrected chi connectivity index (χ2v) is 7.08. The van der Waals surface area contributed by atoms with E-state index in [1.54, 1.807) is 0 Å². The molecule has 128 valence electrons. The van der Waals surface area contributed by atoms with Crippen molar-refractivity contribution in [3.8, 4) is 0 Å². The number of hydrogen-bond acceptors (Lipinski definition) is 5. The van der Waals surface area contributed by atoms with Crippen molar-refractivity contribution in [2.45, 2.75) is 13.0 Å². The Labute approximate surface area is 143 Å². The number of nitrogens with zero attached hydrogens (tertiary/aromatic N) is 5. The Morgan fingerprint density at radius 3 is 2.92 bits per heavy atom. The third kappa shape index (κ3) is 3.16. The number of hydrogen-bond donors (Lipinski definition) is 0. The first-order chi connectivity index (χ1) is 11.7. The van der Waals surface area contributed by atoms with E-state index in [1.165, 1.54) is 0 Å². The molecule has 2 fully saturated rings. The second kappa shape index (κ2) is 6.53. The number of anilines is 1. The summed E-state index contributed by atoms with van der Waals surface area (Å²) in [7, 11) is 2.06. The zero-order valence-electron chi connectivity index (χ0n) is 14.3. The average Bonchev–Trinajstić information content (AvgIpc) is 3.13. The van der Waals surface area contributed by atoms with Gasteiger partial charge in [-0.1, -0.05) is 6.07 Å². The van der Waals surface area contributed by atoms with Crippen LogP contribution in [0.2, 0.25) is 0 Å². The lowest BCUT2D eigenvalue weighted by Gasteiger charge is -2.31. The zero-order valence-corrected chi connectivity index (χ0v) is 14.3. The molecule has 0 aromatic carbocycles. The van der Waals surface area contributed by atoms with E-state index in [9.17, 15) is 0 Å². The third-order valence-corrected chi connectivity index (χ3v) is 5.22. The molecule has 0 radical (unpaired) electrons. The van der Waals surface area contributed by atoms with Gasteiger partial charge in [-0.25, -0.2) is 9.97 Å². The van der Waals surface area contributed by atoms with Crippen molar-refractivity contribution in [3.63, 3.8) is 0 Å². The third-order valence-electron chi connectivity index (χ3n) is 5.22. The number of pyridine rings is 1. The lowest BCUT2D eigenvalue weighted by Crippen LogP contribution is -2.40. The highest BCUT2D eigenvalue weighted by molar-refractivity contribution is 5.40. The Hall–Kier alpha value is -1.92. The minimum Gasteiger partial charge on any atom is -0.379 e. The first kappa shape index (κ1) is 15.6. The maximum absolute atomic E-state index is 5.98. The van der Waals surface area contributed by atoms with Crippen LogP contribution >= 0.6 is 0 Å². The van der Waals surface area contributed by atoms with Crippen molar-refractivity contribution in [2.75, 3.05) is 44.3 Å². The number of imidazole rings is 1. The fourth-order valence-electron chi connectivity index (χ4n) is 3.88. The Kier molecular flexibility index (Phi) is 4.24. The van der Waals surface area contributed by atoms with Gasteiger partial charge in [0, 0.05) is 57.2 Å². The molecule has 4 heterocycles. The van der Waals surface area contributed by atoms with Crippen LogP contribution in [0.25, 0.3) is 0 Å². The SMILES string of the molecule is Cn1ccnc1CN1CCOC[C@]2(CCN(c3ccccn3)C2)C1. The summed E-state index contributed by atoms with van der Waals surface area (Å²) >= 11 is 0. The van der Waals surface area contributed by atoms with Crippen molar-refractivity contribution >= 4 is 5.82 Å². The van der Waals surface area contributed by atoms with Crippen molar-refractivity contribution in [2.24, 2.45) is 12.5 Å². The number of aryl methyl sites for hydroxylation is 1. The summed E-state index contributed by atoms with van der Waals surface area (Å²) in [5, 5.41) is 0. The fourth-order valence-corrected chi connectivity index (χ4v) is 3.88. The molecule has 2 aromatic heterocycles. The van der Waals surface area contributed by atoms with Crippen LogP contribution in [0.1, 0.15) is 12.2 Å². The van der Waals surface area contributed by atoms with Gasteiger partial charge < -0.3 is 14.2 Å². The molecule has 2 aliphatic heterocycles. The lowest BCUT2D eigenvalue weighted by atomic mass is 9.87. The normalized spacial score (nSPS) is 25.3. The molecule has 6 nitrogen and oxygen atoms in total. The molecule has 0 bridgehead atoms. The van der Waals surface area contributed by atoms with E-state index < -0.39 is 0 Å². The fraction of sp³-hybridized carbons (Fsp3) is 0.556. The zero-order chi connectivity index (χ0) is 16.4. The summed E-state index contributed by atoms with van der Waals surface area (Å²) in [6, 6.07) is 6.13. The monoisotopic (exact) mass is 327 g/mol. The molecule has 0 unspecified atom stereocenters. The molecule has 0 N–H and O–H groups in total. The predicted octanol–water partition coefficient (Wildman–Crippen LogP) is 1.54. The van der Waals surface area contributed by atoms with Crippen LogP contribution in [-0.2, 0) is 18.3 Å². The first-order valence-corrected chi connectivity index (χ1v) is 8.66. The molecule has 1 atom stereocenters. The Morgan fingerprint density at radius 1 is 1.17 bits per heavy atom. The minimum atomic E-state index is 0.194. The highest BCUT2D eigenvalue weighted by Gasteiger charge is 2.41. The molecular weight excluding hydrogens is 302 g/mol. The molecule has 6 heteroatoms. The lowest BCUT2D eigenvalue weighted by molar-refractivity contribution is 0.0797. The molecule has 2 aliphatic rings. The first-order valence-electron chi connectivity index (χ1n) is 8.66. The van der Waals surface area contributed by atoms with E-state index >= 15 is 0 Å². The van der Waals surface area contributed by atoms with Gasteiger partial charge in [0.15, 0.2) is 0 Å². The number of aromatic nitrogens is 3. The standard InChI is InChI=1S/C18H25N5O/c1-21-9-7-20-17(21)12-22-10-11-24-15-18(13-22)5-8-23(14-18)16-4-2-3-6-19-16/h2-4,6-7,9H,5,8,10-15H2,1H3/t18-/m1/s1. The minimum absolute atomic E-state index is 0.194. The van der Waals surface area contributed by atoms with Crippen LogP contribution in [0.3, 0.4) is 0 Å². The Bertz CT molecular complexity index is 673. The van der Waals surface area contributed by atoms with Crippen molar-refractivity contribution in [3.05, 3.63) is 42.6 Å². The maximum Gasteiger partial charge on any atom is 0.128 e. The topological polar surface area (TPSA) is 46.4 Å². The van der Waals surface area contributed by atoms with Gasteiger partial charge in [0.1, 0.15) is 11.6 Å². The van der Waals surface area contributed by atoms with Gasteiger partial charge in [-0.05, 0) is 18.6 Å². The van der Waals surface area contributed by atoms with Crippen molar-refractivity contribution < 1.29 is 4.74 Å². The van der Waals surface area contributed by atoms with Gasteiger partial charge in [0.25, 0.3) is 0 Å². The van der Waals surface area contributed by atoms with Crippen LogP contribution in [0.4, 0.5) is 5.82 Å². The molecule has 2 aromatic rings. The summed E-state index contributed by atoms with van der Waals surface area (Å²) in [6.07, 6.45) is 6.91. The highest BCUT2D eigenvalue weighted by Crippen LogP contribution is 2.35. The number of ether oxygens (including phenoxy) is 1. The predicted molar refractivity (Wildman–Crippen MR) is 92.8 cm³/mol. The van der Waals surface area contributed by atoms with E-state index in [0.29, 0.717) is 0 Å². The van der Waals surface area contributed by atoms with Gasteiger partial charge in [0.2, 0.25) is 0 Å². The molecule has 4 rings (SSSR count). The van der Waals surface area contributed by atoms with Gasteiger partial charge in [-0.3, -0.25) is 4.90 Å². The average molecular weight is 327 g/mol. The van der Waals surface area contributed by atoms with Crippen LogP contribution in [0.5, 0.6) is 0 Å². The highest BCUT2D eigenvalue weighted by atomic mass is 16.5. The van der Waals surface area contributed by atoms with Crippen molar-refractivity contribution in [1.82, 2.24) is 19.4 Å². The number of rotatable bonds is 3. The van der Waals surface area contributed by atoms with E-state index in [0.717, 1.165) is 64.0 Å². The Balaban J connectivity index is 1.47. The molecule has 0 saturated carbocycles. The Morgan fingerprint density at radius 2 is 2.12 bits per heavy atom. The smallest absolute Gasteiger partial charge is 0.128 e. The van der Waals surface area contributed by atoms with E-state index in [2.05, 4.69) is 43.5 Å². The molecule has 1 spiro atoms. The maximum atomic E-state index is 5.98. The largest absolute Gasteiger partial charge is 0.379 e. The van der Waals surface area contributed by atoms with Crippen LogP contribution in [0, 0.1) is 5.41 Å². The van der Waals surface area contributed by atoms with Gasteiger partial charge in [-0.2, -0.15) is 0 Å². The summed E-state index contributed by atoms with van der Waals surface area (Å²) in [5.74, 6) is 2.20. The van der Waals surface area contributed by atoms with Gasteiger partial charge >= 0.3 is 0 Å². The molecular formula is C18H25N5O. The quantitative estimate of drug-likeness (QED) is 0.856. The summed E-state index contributed by atoms with van der Waals surface area (Å²) in [6.45, 7) is 6.63. The second-order valence-electron chi connectivity index (χ2n) is 7.08. The van der Waals surface area contributed by atoms with Crippen LogP contribution < -0.4 is 4.90 Å². The molecule has 24 heavy (non-hydrogen) atoms. The van der Waals surface area contributed by atoms with Crippen LogP contribution in [0.15, 0.2) is 36.8 Å². The summed E-state index contributed by atoms with van der Waals surface area (Å²) in [4.78, 5) is 13.9. The molecule has 2 saturated heterocycles. The van der Waals surface area contributed by atoms with Gasteiger partial charge in [0.05, 0.1) is 19.8 Å². The van der Waals surface area contributed by atoms with E-state index in [4.69, 9.17) is 4.74 Å². The van der Waals surface area contributed by atoms with Crippen molar-refractivity contribution in [1.29, 1.82) is 0 Å². The van der Waals surface area contributed by atoms with Crippen LogP contribution in [-0.4, -0.2) is 58.8 Å². The molecule has 0 amide bonds. The van der Waals surface area contributed by atoms with E-state index in [-0.39, 0.29) is 5.41 Å². The summed E-state index contributed by atoms with van der Waals surface area (Å²) in [5.41, 5.74) is 0.194.